The lowest BCUT2D eigenvalue weighted by atomic mass is 10.1. The number of nitrogens with zero attached hydrogens (tertiary/aromatic N) is 3. The molecule has 0 bridgehead atoms. The molecule has 0 saturated heterocycles. The number of benzene rings is 2. The summed E-state index contributed by atoms with van der Waals surface area (Å²) in [5.41, 5.74) is 0.357. The highest BCUT2D eigenvalue weighted by molar-refractivity contribution is 5.69. The topological polar surface area (TPSA) is 61.0 Å². The molecule has 0 aliphatic carbocycles. The lowest BCUT2D eigenvalue weighted by Gasteiger charge is -2.11. The van der Waals surface area contributed by atoms with Gasteiger partial charge < -0.3 is 14.7 Å². The quantitative estimate of drug-likeness (QED) is 0.464. The predicted octanol–water partition coefficient (Wildman–Crippen LogP) is 5.03. The zero-order chi connectivity index (χ0) is 19.6. The summed E-state index contributed by atoms with van der Waals surface area (Å²) in [5.74, 6) is -0.0649. The highest BCUT2D eigenvalue weighted by Crippen LogP contribution is 2.35. The Hall–Kier alpha value is -3.16. The molecule has 0 spiro atoms. The fourth-order valence-corrected chi connectivity index (χ4v) is 2.96. The lowest BCUT2D eigenvalue weighted by molar-refractivity contribution is -0.388. The Balaban J connectivity index is 2.06. The van der Waals surface area contributed by atoms with E-state index in [1.54, 1.807) is 11.5 Å². The second-order valence-corrected chi connectivity index (χ2v) is 6.05. The van der Waals surface area contributed by atoms with E-state index in [-0.39, 0.29) is 11.3 Å². The molecule has 0 N–H and O–H groups in total. The first-order valence-corrected chi connectivity index (χ1v) is 8.20. The number of hydrogen-bond acceptors (Lipinski definition) is 3. The minimum absolute atomic E-state index is 0.0829. The van der Waals surface area contributed by atoms with Crippen LogP contribution in [0.1, 0.15) is 17.0 Å². The third-order valence-corrected chi connectivity index (χ3v) is 4.24. The van der Waals surface area contributed by atoms with Gasteiger partial charge in [-0.2, -0.15) is 13.2 Å². The highest BCUT2D eigenvalue weighted by atomic mass is 19.4. The van der Waals surface area contributed by atoms with Crippen molar-refractivity contribution in [3.63, 3.8) is 0 Å². The largest absolute Gasteiger partial charge is 0.416 e. The second-order valence-electron chi connectivity index (χ2n) is 6.05. The van der Waals surface area contributed by atoms with Gasteiger partial charge in [-0.15, -0.1) is 0 Å². The van der Waals surface area contributed by atoms with Crippen molar-refractivity contribution in [2.45, 2.75) is 26.1 Å². The van der Waals surface area contributed by atoms with E-state index in [1.165, 1.54) is 12.1 Å². The molecule has 3 aromatic rings. The lowest BCUT2D eigenvalue weighted by Crippen LogP contribution is -2.08. The van der Waals surface area contributed by atoms with Gasteiger partial charge >= 0.3 is 12.0 Å². The third-order valence-electron chi connectivity index (χ3n) is 4.24. The van der Waals surface area contributed by atoms with Gasteiger partial charge in [0.05, 0.1) is 5.56 Å². The average Bonchev–Trinajstić information content (AvgIpc) is 2.97. The van der Waals surface area contributed by atoms with Crippen LogP contribution in [0.3, 0.4) is 0 Å². The van der Waals surface area contributed by atoms with Crippen molar-refractivity contribution in [2.24, 2.45) is 0 Å². The Morgan fingerprint density at radius 1 is 1.11 bits per heavy atom. The summed E-state index contributed by atoms with van der Waals surface area (Å²) in [6.45, 7) is 1.97. The van der Waals surface area contributed by atoms with Crippen LogP contribution in [0.5, 0.6) is 0 Å². The van der Waals surface area contributed by atoms with E-state index in [0.717, 1.165) is 17.7 Å². The molecule has 0 radical (unpaired) electrons. The van der Waals surface area contributed by atoms with Crippen LogP contribution in [0.15, 0.2) is 54.6 Å². The van der Waals surface area contributed by atoms with E-state index in [0.29, 0.717) is 18.8 Å². The number of alkyl halides is 3. The first-order chi connectivity index (χ1) is 12.8. The van der Waals surface area contributed by atoms with Gasteiger partial charge in [0, 0.05) is 19.0 Å². The van der Waals surface area contributed by atoms with Crippen molar-refractivity contribution in [3.05, 3.63) is 81.7 Å². The van der Waals surface area contributed by atoms with Crippen LogP contribution in [0.2, 0.25) is 0 Å². The van der Waals surface area contributed by atoms with Crippen molar-refractivity contribution in [1.82, 2.24) is 9.55 Å². The number of aryl methyl sites for hydroxylation is 2. The molecule has 27 heavy (non-hydrogen) atoms. The predicted molar refractivity (Wildman–Crippen MR) is 94.2 cm³/mol. The van der Waals surface area contributed by atoms with Gasteiger partial charge in [-0.3, -0.25) is 0 Å². The third kappa shape index (κ3) is 3.99. The normalized spacial score (nSPS) is 11.6. The SMILES string of the molecule is Cc1nc([N+](=O)[O-])c(-c2cccc(C(F)(F)F)c2)n1CCc1ccccc1. The van der Waals surface area contributed by atoms with Gasteiger partial charge in [0.15, 0.2) is 5.69 Å². The molecule has 0 aliphatic rings. The molecule has 140 valence electrons. The second kappa shape index (κ2) is 7.22. The maximum atomic E-state index is 13.1. The van der Waals surface area contributed by atoms with Crippen LogP contribution >= 0.6 is 0 Å². The van der Waals surface area contributed by atoms with Gasteiger partial charge in [-0.25, -0.2) is 0 Å². The van der Waals surface area contributed by atoms with E-state index in [1.807, 2.05) is 30.3 Å². The van der Waals surface area contributed by atoms with Crippen LogP contribution in [0.4, 0.5) is 19.0 Å². The van der Waals surface area contributed by atoms with E-state index in [2.05, 4.69) is 4.98 Å². The molecule has 3 rings (SSSR count). The molecule has 0 unspecified atom stereocenters. The summed E-state index contributed by atoms with van der Waals surface area (Å²) < 4.78 is 40.8. The van der Waals surface area contributed by atoms with Crippen LogP contribution in [0, 0.1) is 17.0 Å². The van der Waals surface area contributed by atoms with Gasteiger partial charge in [0.1, 0.15) is 0 Å². The highest BCUT2D eigenvalue weighted by Gasteiger charge is 2.32. The zero-order valence-electron chi connectivity index (χ0n) is 14.4. The summed E-state index contributed by atoms with van der Waals surface area (Å²) in [7, 11) is 0. The van der Waals surface area contributed by atoms with Crippen LogP contribution in [-0.2, 0) is 19.1 Å². The fourth-order valence-electron chi connectivity index (χ4n) is 2.96. The van der Waals surface area contributed by atoms with Gasteiger partial charge in [-0.05, 0) is 34.0 Å². The van der Waals surface area contributed by atoms with Crippen LogP contribution in [-0.4, -0.2) is 14.5 Å². The molecule has 1 heterocycles. The van der Waals surface area contributed by atoms with Crippen LogP contribution in [0.25, 0.3) is 11.3 Å². The molecule has 2 aromatic carbocycles. The first-order valence-electron chi connectivity index (χ1n) is 8.20. The first kappa shape index (κ1) is 18.6. The monoisotopic (exact) mass is 375 g/mol. The van der Waals surface area contributed by atoms with Crippen molar-refractivity contribution in [1.29, 1.82) is 0 Å². The van der Waals surface area contributed by atoms with Crippen molar-refractivity contribution < 1.29 is 18.1 Å². The fraction of sp³-hybridized carbons (Fsp3) is 0.211. The summed E-state index contributed by atoms with van der Waals surface area (Å²) in [5, 5.41) is 11.4. The van der Waals surface area contributed by atoms with Gasteiger partial charge in [0.2, 0.25) is 5.82 Å². The Labute approximate surface area is 153 Å². The van der Waals surface area contributed by atoms with E-state index in [9.17, 15) is 23.3 Å². The summed E-state index contributed by atoms with van der Waals surface area (Å²) in [6, 6.07) is 14.0. The van der Waals surface area contributed by atoms with Gasteiger partial charge in [-0.1, -0.05) is 42.5 Å². The number of halogens is 3. The van der Waals surface area contributed by atoms with E-state index < -0.39 is 22.5 Å². The molecular weight excluding hydrogens is 359 g/mol. The Morgan fingerprint density at radius 3 is 2.44 bits per heavy atom. The molecule has 1 aromatic heterocycles. The molecule has 0 atom stereocenters. The van der Waals surface area contributed by atoms with E-state index in [4.69, 9.17) is 0 Å². The molecule has 8 heteroatoms. The Morgan fingerprint density at radius 2 is 1.81 bits per heavy atom. The minimum Gasteiger partial charge on any atom is -0.358 e. The zero-order valence-corrected chi connectivity index (χ0v) is 14.4. The van der Waals surface area contributed by atoms with Crippen molar-refractivity contribution in [2.75, 3.05) is 0 Å². The number of imidazole rings is 1. The number of aromatic nitrogens is 2. The summed E-state index contributed by atoms with van der Waals surface area (Å²) in [6.07, 6.45) is -3.96. The van der Waals surface area contributed by atoms with Gasteiger partial charge in [0.25, 0.3) is 0 Å². The standard InChI is InChI=1S/C19H16F3N3O2/c1-13-23-18(25(26)27)17(15-8-5-9-16(12-15)19(20,21)22)24(13)11-10-14-6-3-2-4-7-14/h2-9,12H,10-11H2,1H3. The number of nitro groups is 1. The number of hydrogen-bond donors (Lipinski definition) is 0. The van der Waals surface area contributed by atoms with Crippen molar-refractivity contribution in [3.8, 4) is 11.3 Å². The number of rotatable bonds is 5. The molecular formula is C19H16F3N3O2. The molecule has 0 amide bonds. The van der Waals surface area contributed by atoms with Crippen LogP contribution < -0.4 is 0 Å². The molecule has 0 aliphatic heterocycles. The Kier molecular flexibility index (Phi) is 4.98. The summed E-state index contributed by atoms with van der Waals surface area (Å²) >= 11 is 0. The smallest absolute Gasteiger partial charge is 0.358 e. The Bertz CT molecular complexity index is 966. The van der Waals surface area contributed by atoms with Crippen molar-refractivity contribution >= 4 is 5.82 Å². The molecule has 5 nitrogen and oxygen atoms in total. The minimum atomic E-state index is -4.53. The molecule has 0 fully saturated rings. The maximum absolute atomic E-state index is 13.1. The van der Waals surface area contributed by atoms with E-state index >= 15 is 0 Å². The molecule has 0 saturated carbocycles. The summed E-state index contributed by atoms with van der Waals surface area (Å²) in [4.78, 5) is 14.7. The average molecular weight is 375 g/mol. The maximum Gasteiger partial charge on any atom is 0.416 e.